The van der Waals surface area contributed by atoms with Crippen molar-refractivity contribution in [2.24, 2.45) is 5.84 Å². The average Bonchev–Trinajstić information content (AvgIpc) is 2.46. The van der Waals surface area contributed by atoms with Crippen molar-refractivity contribution < 1.29 is 4.79 Å². The summed E-state index contributed by atoms with van der Waals surface area (Å²) in [6.45, 7) is 7.72. The Morgan fingerprint density at radius 3 is 2.47 bits per heavy atom. The van der Waals surface area contributed by atoms with Gasteiger partial charge < -0.3 is 10.3 Å². The fourth-order valence-corrected chi connectivity index (χ4v) is 2.21. The van der Waals surface area contributed by atoms with Crippen molar-refractivity contribution in [3.63, 3.8) is 0 Å². The number of nitrogens with one attached hydrogen (secondary N) is 1. The lowest BCUT2D eigenvalue weighted by molar-refractivity contribution is 0.0590. The Hall–Kier alpha value is -1.66. The summed E-state index contributed by atoms with van der Waals surface area (Å²) < 4.78 is 0. The second-order valence-electron chi connectivity index (χ2n) is 5.00. The third kappa shape index (κ3) is 3.21. The number of carbonyl (C=O) groups is 1. The van der Waals surface area contributed by atoms with Gasteiger partial charge in [0.1, 0.15) is 5.69 Å². The minimum Gasteiger partial charge on any atom is -0.335 e. The normalized spacial score (nSPS) is 16.7. The summed E-state index contributed by atoms with van der Waals surface area (Å²) >= 11 is 0. The Labute approximate surface area is 113 Å². The average molecular weight is 263 g/mol. The van der Waals surface area contributed by atoms with Gasteiger partial charge in [0.15, 0.2) is 0 Å². The summed E-state index contributed by atoms with van der Waals surface area (Å²) in [6.07, 6.45) is 1.57. The highest BCUT2D eigenvalue weighted by atomic mass is 16.2. The van der Waals surface area contributed by atoms with Crippen LogP contribution >= 0.6 is 0 Å². The second-order valence-corrected chi connectivity index (χ2v) is 5.00. The summed E-state index contributed by atoms with van der Waals surface area (Å²) in [4.78, 5) is 20.6. The maximum Gasteiger partial charge on any atom is 0.272 e. The van der Waals surface area contributed by atoms with Gasteiger partial charge in [-0.15, -0.1) is 0 Å². The molecule has 0 atom stereocenters. The summed E-state index contributed by atoms with van der Waals surface area (Å²) in [7, 11) is 0. The molecule has 1 fully saturated rings. The predicted octanol–water partition coefficient (Wildman–Crippen LogP) is 0.533. The van der Waals surface area contributed by atoms with Gasteiger partial charge in [-0.05, 0) is 26.0 Å². The number of hydrogen-bond donors (Lipinski definition) is 2. The van der Waals surface area contributed by atoms with Crippen molar-refractivity contribution >= 4 is 11.6 Å². The summed E-state index contributed by atoms with van der Waals surface area (Å²) in [5.74, 6) is 5.26. The number of pyridine rings is 1. The Kier molecular flexibility index (Phi) is 4.34. The molecule has 0 unspecified atom stereocenters. The molecule has 0 spiro atoms. The number of nitrogens with two attached hydrogens (primary N) is 1. The van der Waals surface area contributed by atoms with Crippen molar-refractivity contribution in [3.05, 3.63) is 24.0 Å². The molecule has 1 saturated heterocycles. The van der Waals surface area contributed by atoms with E-state index in [2.05, 4.69) is 29.2 Å². The van der Waals surface area contributed by atoms with Gasteiger partial charge in [-0.3, -0.25) is 15.5 Å². The molecule has 2 rings (SSSR count). The Morgan fingerprint density at radius 2 is 2.00 bits per heavy atom. The minimum atomic E-state index is -0.00743. The van der Waals surface area contributed by atoms with E-state index in [0.717, 1.165) is 26.2 Å². The molecule has 2 heterocycles. The molecule has 19 heavy (non-hydrogen) atoms. The van der Waals surface area contributed by atoms with Crippen molar-refractivity contribution in [2.45, 2.75) is 19.9 Å². The van der Waals surface area contributed by atoms with Crippen molar-refractivity contribution in [3.8, 4) is 0 Å². The molecule has 6 nitrogen and oxygen atoms in total. The second kappa shape index (κ2) is 5.99. The summed E-state index contributed by atoms with van der Waals surface area (Å²) in [5, 5.41) is 0. The van der Waals surface area contributed by atoms with Crippen LogP contribution in [0.25, 0.3) is 0 Å². The van der Waals surface area contributed by atoms with E-state index in [4.69, 9.17) is 5.84 Å². The molecule has 0 radical (unpaired) electrons. The Balaban J connectivity index is 1.97. The van der Waals surface area contributed by atoms with E-state index in [1.807, 2.05) is 4.90 Å². The number of anilines is 1. The Bertz CT molecular complexity index is 423. The van der Waals surface area contributed by atoms with Crippen molar-refractivity contribution in [1.82, 2.24) is 14.8 Å². The highest BCUT2D eigenvalue weighted by Crippen LogP contribution is 2.11. The van der Waals surface area contributed by atoms with Crippen LogP contribution < -0.4 is 11.3 Å². The number of amides is 1. The van der Waals surface area contributed by atoms with E-state index >= 15 is 0 Å². The van der Waals surface area contributed by atoms with Gasteiger partial charge in [-0.2, -0.15) is 0 Å². The molecule has 104 valence electrons. The van der Waals surface area contributed by atoms with Crippen LogP contribution in [0.5, 0.6) is 0 Å². The zero-order valence-electron chi connectivity index (χ0n) is 11.5. The third-order valence-electron chi connectivity index (χ3n) is 3.48. The number of nitrogen functional groups attached to an aromatic ring is 1. The first kappa shape index (κ1) is 13.8. The predicted molar refractivity (Wildman–Crippen MR) is 74.7 cm³/mol. The van der Waals surface area contributed by atoms with Crippen molar-refractivity contribution in [1.29, 1.82) is 0 Å². The first-order valence-corrected chi connectivity index (χ1v) is 6.58. The lowest BCUT2D eigenvalue weighted by Crippen LogP contribution is -2.50. The van der Waals surface area contributed by atoms with Crippen LogP contribution in [-0.4, -0.2) is 52.9 Å². The van der Waals surface area contributed by atoms with Crippen LogP contribution in [0.4, 0.5) is 5.69 Å². The van der Waals surface area contributed by atoms with E-state index in [-0.39, 0.29) is 5.91 Å². The lowest BCUT2D eigenvalue weighted by atomic mass is 10.2. The van der Waals surface area contributed by atoms with Crippen LogP contribution in [0.15, 0.2) is 18.3 Å². The SMILES string of the molecule is CC(C)N1CCN(C(=O)c2ccc(NN)cn2)CC1. The topological polar surface area (TPSA) is 74.5 Å². The molecule has 1 amide bonds. The van der Waals surface area contributed by atoms with Gasteiger partial charge in [-0.1, -0.05) is 0 Å². The fourth-order valence-electron chi connectivity index (χ4n) is 2.21. The third-order valence-corrected chi connectivity index (χ3v) is 3.48. The van der Waals surface area contributed by atoms with Crippen LogP contribution in [0, 0.1) is 0 Å². The molecule has 1 aromatic rings. The summed E-state index contributed by atoms with van der Waals surface area (Å²) in [5.41, 5.74) is 3.66. The fraction of sp³-hybridized carbons (Fsp3) is 0.538. The molecule has 3 N–H and O–H groups in total. The first-order chi connectivity index (χ1) is 9.11. The number of hydrazine groups is 1. The minimum absolute atomic E-state index is 0.00743. The van der Waals surface area contributed by atoms with E-state index in [1.165, 1.54) is 0 Å². The zero-order valence-corrected chi connectivity index (χ0v) is 11.5. The van der Waals surface area contributed by atoms with Gasteiger partial charge in [-0.25, -0.2) is 4.98 Å². The van der Waals surface area contributed by atoms with E-state index in [0.29, 0.717) is 17.4 Å². The molecular weight excluding hydrogens is 242 g/mol. The number of aromatic nitrogens is 1. The van der Waals surface area contributed by atoms with Crippen molar-refractivity contribution in [2.75, 3.05) is 31.6 Å². The molecule has 1 aliphatic heterocycles. The highest BCUT2D eigenvalue weighted by molar-refractivity contribution is 5.92. The van der Waals surface area contributed by atoms with Gasteiger partial charge in [0.05, 0.1) is 11.9 Å². The standard InChI is InChI=1S/C13H21N5O/c1-10(2)17-5-7-18(8-6-17)13(19)12-4-3-11(16-14)9-15-12/h3-4,9-10,16H,5-8,14H2,1-2H3. The smallest absolute Gasteiger partial charge is 0.272 e. The number of carbonyl (C=O) groups excluding carboxylic acids is 1. The summed E-state index contributed by atoms with van der Waals surface area (Å²) in [6, 6.07) is 3.99. The van der Waals surface area contributed by atoms with Crippen LogP contribution in [0.2, 0.25) is 0 Å². The highest BCUT2D eigenvalue weighted by Gasteiger charge is 2.23. The maximum atomic E-state index is 12.3. The molecule has 0 bridgehead atoms. The monoisotopic (exact) mass is 263 g/mol. The van der Waals surface area contributed by atoms with E-state index in [1.54, 1.807) is 18.3 Å². The van der Waals surface area contributed by atoms with Crippen LogP contribution in [0.3, 0.4) is 0 Å². The van der Waals surface area contributed by atoms with Gasteiger partial charge in [0, 0.05) is 32.2 Å². The number of hydrogen-bond acceptors (Lipinski definition) is 5. The zero-order chi connectivity index (χ0) is 13.8. The molecule has 0 aliphatic carbocycles. The number of nitrogens with zero attached hydrogens (tertiary/aromatic N) is 3. The Morgan fingerprint density at radius 1 is 1.32 bits per heavy atom. The molecule has 0 aromatic carbocycles. The lowest BCUT2D eigenvalue weighted by Gasteiger charge is -2.36. The molecule has 1 aromatic heterocycles. The molecule has 6 heteroatoms. The molecular formula is C13H21N5O. The van der Waals surface area contributed by atoms with Crippen LogP contribution in [0.1, 0.15) is 24.3 Å². The van der Waals surface area contributed by atoms with Crippen LogP contribution in [-0.2, 0) is 0 Å². The number of piperazine rings is 1. The van der Waals surface area contributed by atoms with Gasteiger partial charge in [0.25, 0.3) is 5.91 Å². The maximum absolute atomic E-state index is 12.3. The first-order valence-electron chi connectivity index (χ1n) is 6.58. The van der Waals surface area contributed by atoms with E-state index < -0.39 is 0 Å². The van der Waals surface area contributed by atoms with E-state index in [9.17, 15) is 4.79 Å². The largest absolute Gasteiger partial charge is 0.335 e. The molecule has 0 saturated carbocycles. The number of rotatable bonds is 3. The molecule has 1 aliphatic rings. The van der Waals surface area contributed by atoms with Gasteiger partial charge >= 0.3 is 0 Å². The van der Waals surface area contributed by atoms with Gasteiger partial charge in [0.2, 0.25) is 0 Å². The quantitative estimate of drug-likeness (QED) is 0.615.